The van der Waals surface area contributed by atoms with Gasteiger partial charge in [-0.25, -0.2) is 0 Å². The fourth-order valence-electron chi connectivity index (χ4n) is 2.00. The summed E-state index contributed by atoms with van der Waals surface area (Å²) >= 11 is 6.16. The molecule has 0 aliphatic carbocycles. The third-order valence-corrected chi connectivity index (χ3v) is 2.94. The van der Waals surface area contributed by atoms with E-state index in [-0.39, 0.29) is 0 Å². The summed E-state index contributed by atoms with van der Waals surface area (Å²) in [5.41, 5.74) is 2.69. The molecule has 0 bridgehead atoms. The van der Waals surface area contributed by atoms with Gasteiger partial charge in [0.05, 0.1) is 0 Å². The van der Waals surface area contributed by atoms with Crippen molar-refractivity contribution < 1.29 is 0 Å². The van der Waals surface area contributed by atoms with Gasteiger partial charge in [0.25, 0.3) is 0 Å². The molecule has 1 aliphatic rings. The third kappa shape index (κ3) is 1.59. The number of hydrogen-bond donors (Lipinski definition) is 1. The Morgan fingerprint density at radius 1 is 1.54 bits per heavy atom. The second-order valence-corrected chi connectivity index (χ2v) is 3.94. The first-order chi connectivity index (χ1) is 6.33. The van der Waals surface area contributed by atoms with E-state index < -0.39 is 0 Å². The molecule has 70 valence electrons. The van der Waals surface area contributed by atoms with Crippen molar-refractivity contribution in [2.75, 3.05) is 0 Å². The van der Waals surface area contributed by atoms with Crippen molar-refractivity contribution in [3.05, 3.63) is 34.3 Å². The summed E-state index contributed by atoms with van der Waals surface area (Å²) in [6.45, 7) is 3.18. The van der Waals surface area contributed by atoms with E-state index >= 15 is 0 Å². The molecule has 13 heavy (non-hydrogen) atoms. The van der Waals surface area contributed by atoms with Crippen LogP contribution in [0.2, 0.25) is 5.02 Å². The molecule has 1 nitrogen and oxygen atoms in total. The monoisotopic (exact) mass is 195 g/mol. The molecule has 2 heteroatoms. The molecule has 0 spiro atoms. The van der Waals surface area contributed by atoms with Crippen LogP contribution in [-0.4, -0.2) is 0 Å². The smallest absolute Gasteiger partial charge is 0.0457 e. The highest BCUT2D eigenvalue weighted by Gasteiger charge is 2.22. The average molecular weight is 196 g/mol. The van der Waals surface area contributed by atoms with Crippen LogP contribution in [0.15, 0.2) is 18.2 Å². The number of halogens is 1. The van der Waals surface area contributed by atoms with Crippen molar-refractivity contribution in [1.82, 2.24) is 5.32 Å². The van der Waals surface area contributed by atoms with Crippen LogP contribution in [0, 0.1) is 0 Å². The summed E-state index contributed by atoms with van der Waals surface area (Å²) in [7, 11) is 0. The molecule has 0 radical (unpaired) electrons. The van der Waals surface area contributed by atoms with Gasteiger partial charge in [0, 0.05) is 17.6 Å². The minimum Gasteiger partial charge on any atom is -0.306 e. The van der Waals surface area contributed by atoms with Crippen LogP contribution < -0.4 is 5.32 Å². The zero-order valence-electron chi connectivity index (χ0n) is 7.81. The molecule has 1 heterocycles. The summed E-state index contributed by atoms with van der Waals surface area (Å²) in [6.07, 6.45) is 2.37. The molecular weight excluding hydrogens is 182 g/mol. The van der Waals surface area contributed by atoms with E-state index in [4.69, 9.17) is 11.6 Å². The second-order valence-electron chi connectivity index (χ2n) is 3.53. The summed E-state index contributed by atoms with van der Waals surface area (Å²) < 4.78 is 0. The van der Waals surface area contributed by atoms with Gasteiger partial charge in [0.15, 0.2) is 0 Å². The van der Waals surface area contributed by atoms with Crippen molar-refractivity contribution in [2.45, 2.75) is 32.4 Å². The standard InChI is InChI=1S/C11H14ClN/c1-2-4-10-11-8(7-13-10)5-3-6-9(11)12/h3,5-6,10,13H,2,4,7H2,1H3. The lowest BCUT2D eigenvalue weighted by atomic mass is 10.0. The Kier molecular flexibility index (Phi) is 2.56. The molecule has 0 fully saturated rings. The number of hydrogen-bond acceptors (Lipinski definition) is 1. The first-order valence-electron chi connectivity index (χ1n) is 4.83. The SMILES string of the molecule is CCCC1NCc2cccc(Cl)c21. The topological polar surface area (TPSA) is 12.0 Å². The first kappa shape index (κ1) is 9.04. The van der Waals surface area contributed by atoms with Gasteiger partial charge in [-0.15, -0.1) is 0 Å². The molecule has 0 saturated carbocycles. The Labute approximate surface area is 84.1 Å². The average Bonchev–Trinajstić information content (AvgIpc) is 2.51. The van der Waals surface area contributed by atoms with Crippen molar-refractivity contribution in [1.29, 1.82) is 0 Å². The zero-order valence-corrected chi connectivity index (χ0v) is 8.56. The highest BCUT2D eigenvalue weighted by Crippen LogP contribution is 2.33. The predicted molar refractivity (Wildman–Crippen MR) is 55.9 cm³/mol. The lowest BCUT2D eigenvalue weighted by molar-refractivity contribution is 0.535. The summed E-state index contributed by atoms with van der Waals surface area (Å²) in [6, 6.07) is 6.64. The van der Waals surface area contributed by atoms with E-state index in [2.05, 4.69) is 18.3 Å². The lowest BCUT2D eigenvalue weighted by Crippen LogP contribution is -2.11. The van der Waals surface area contributed by atoms with Crippen LogP contribution in [0.1, 0.15) is 36.9 Å². The highest BCUT2D eigenvalue weighted by atomic mass is 35.5. The lowest BCUT2D eigenvalue weighted by Gasteiger charge is -2.11. The van der Waals surface area contributed by atoms with Crippen LogP contribution >= 0.6 is 11.6 Å². The number of rotatable bonds is 2. The fourth-order valence-corrected chi connectivity index (χ4v) is 2.32. The molecule has 1 unspecified atom stereocenters. The quantitative estimate of drug-likeness (QED) is 0.764. The molecule has 1 aliphatic heterocycles. The van der Waals surface area contributed by atoms with Crippen LogP contribution in [0.4, 0.5) is 0 Å². The number of nitrogens with one attached hydrogen (secondary N) is 1. The van der Waals surface area contributed by atoms with Crippen LogP contribution in [-0.2, 0) is 6.54 Å². The van der Waals surface area contributed by atoms with Gasteiger partial charge in [0.1, 0.15) is 0 Å². The van der Waals surface area contributed by atoms with Crippen molar-refractivity contribution in [3.8, 4) is 0 Å². The molecule has 1 aromatic rings. The molecule has 1 N–H and O–H groups in total. The first-order valence-corrected chi connectivity index (χ1v) is 5.21. The maximum atomic E-state index is 6.16. The van der Waals surface area contributed by atoms with Crippen LogP contribution in [0.25, 0.3) is 0 Å². The summed E-state index contributed by atoms with van der Waals surface area (Å²) in [5.74, 6) is 0. The van der Waals surface area contributed by atoms with Gasteiger partial charge in [-0.2, -0.15) is 0 Å². The van der Waals surface area contributed by atoms with E-state index in [1.165, 1.54) is 24.0 Å². The van der Waals surface area contributed by atoms with E-state index in [1.807, 2.05) is 12.1 Å². The molecule has 1 atom stereocenters. The Hall–Kier alpha value is -0.530. The van der Waals surface area contributed by atoms with E-state index in [0.717, 1.165) is 11.6 Å². The maximum Gasteiger partial charge on any atom is 0.0457 e. The van der Waals surface area contributed by atoms with E-state index in [1.54, 1.807) is 0 Å². The van der Waals surface area contributed by atoms with Crippen molar-refractivity contribution in [3.63, 3.8) is 0 Å². The summed E-state index contributed by atoms with van der Waals surface area (Å²) in [5, 5.41) is 4.40. The molecule has 0 aromatic heterocycles. The zero-order chi connectivity index (χ0) is 9.26. The molecule has 2 rings (SSSR count). The van der Waals surface area contributed by atoms with E-state index in [0.29, 0.717) is 6.04 Å². The number of benzene rings is 1. The summed E-state index contributed by atoms with van der Waals surface area (Å²) in [4.78, 5) is 0. The van der Waals surface area contributed by atoms with Crippen LogP contribution in [0.3, 0.4) is 0 Å². The third-order valence-electron chi connectivity index (χ3n) is 2.61. The largest absolute Gasteiger partial charge is 0.306 e. The van der Waals surface area contributed by atoms with Gasteiger partial charge < -0.3 is 5.32 Å². The molecule has 1 aromatic carbocycles. The normalized spacial score (nSPS) is 20.3. The number of fused-ring (bicyclic) bond motifs is 1. The Bertz CT molecular complexity index is 307. The Morgan fingerprint density at radius 3 is 3.15 bits per heavy atom. The molecular formula is C11H14ClN. The van der Waals surface area contributed by atoms with Crippen molar-refractivity contribution >= 4 is 11.6 Å². The van der Waals surface area contributed by atoms with Gasteiger partial charge in [-0.05, 0) is 23.6 Å². The minimum atomic E-state index is 0.480. The van der Waals surface area contributed by atoms with Crippen molar-refractivity contribution in [2.24, 2.45) is 0 Å². The maximum absolute atomic E-state index is 6.16. The highest BCUT2D eigenvalue weighted by molar-refractivity contribution is 6.31. The van der Waals surface area contributed by atoms with E-state index in [9.17, 15) is 0 Å². The van der Waals surface area contributed by atoms with Gasteiger partial charge in [-0.3, -0.25) is 0 Å². The fraction of sp³-hybridized carbons (Fsp3) is 0.455. The second kappa shape index (κ2) is 3.69. The van der Waals surface area contributed by atoms with Gasteiger partial charge in [0.2, 0.25) is 0 Å². The van der Waals surface area contributed by atoms with Gasteiger partial charge >= 0.3 is 0 Å². The Morgan fingerprint density at radius 2 is 2.38 bits per heavy atom. The molecule has 0 amide bonds. The Balaban J connectivity index is 2.34. The predicted octanol–water partition coefficient (Wildman–Crippen LogP) is 3.28. The molecule has 0 saturated heterocycles. The van der Waals surface area contributed by atoms with Gasteiger partial charge in [-0.1, -0.05) is 37.1 Å². The minimum absolute atomic E-state index is 0.480. The van der Waals surface area contributed by atoms with Crippen LogP contribution in [0.5, 0.6) is 0 Å².